The van der Waals surface area contributed by atoms with Gasteiger partial charge in [-0.3, -0.25) is 0 Å². The Morgan fingerprint density at radius 2 is 1.75 bits per heavy atom. The second kappa shape index (κ2) is 5.81. The van der Waals surface area contributed by atoms with Crippen LogP contribution in [0.5, 0.6) is 0 Å². The molecule has 0 radical (unpaired) electrons. The van der Waals surface area contributed by atoms with Gasteiger partial charge in [-0.1, -0.05) is 35.9 Å². The number of nitrogen functional groups attached to an aromatic ring is 1. The van der Waals surface area contributed by atoms with Crippen molar-refractivity contribution in [1.29, 1.82) is 0 Å². The zero-order chi connectivity index (χ0) is 14.8. The highest BCUT2D eigenvalue weighted by atomic mass is 35.5. The Morgan fingerprint density at radius 1 is 1.05 bits per heavy atom. The van der Waals surface area contributed by atoms with Crippen molar-refractivity contribution < 1.29 is 12.8 Å². The summed E-state index contributed by atoms with van der Waals surface area (Å²) in [6, 6.07) is 10.8. The third-order valence-corrected chi connectivity index (χ3v) is 4.70. The smallest absolute Gasteiger partial charge is 0.158 e. The molecule has 0 saturated heterocycles. The molecule has 0 fully saturated rings. The average molecular weight is 314 g/mol. The highest BCUT2D eigenvalue weighted by Gasteiger charge is 2.18. The molecular weight excluding hydrogens is 301 g/mol. The topological polar surface area (TPSA) is 60.2 Å². The van der Waals surface area contributed by atoms with Crippen LogP contribution >= 0.6 is 11.6 Å². The highest BCUT2D eigenvalue weighted by molar-refractivity contribution is 7.89. The monoisotopic (exact) mass is 313 g/mol. The molecule has 0 aromatic heterocycles. The Labute approximate surface area is 122 Å². The molecule has 0 saturated carbocycles. The Morgan fingerprint density at radius 3 is 2.40 bits per heavy atom. The first-order chi connectivity index (χ1) is 9.39. The fourth-order valence-electron chi connectivity index (χ4n) is 1.85. The summed E-state index contributed by atoms with van der Waals surface area (Å²) >= 11 is 5.93. The molecule has 0 unspecified atom stereocenters. The van der Waals surface area contributed by atoms with Crippen molar-refractivity contribution in [2.45, 2.75) is 11.5 Å². The molecule has 0 aliphatic heterocycles. The summed E-state index contributed by atoms with van der Waals surface area (Å²) in [6.45, 7) is 0. The van der Waals surface area contributed by atoms with Crippen molar-refractivity contribution >= 4 is 27.1 Å². The lowest BCUT2D eigenvalue weighted by atomic mass is 10.2. The van der Waals surface area contributed by atoms with Crippen molar-refractivity contribution in [3.8, 4) is 0 Å². The number of hydrogen-bond donors (Lipinski definition) is 1. The van der Waals surface area contributed by atoms with Crippen LogP contribution in [0.2, 0.25) is 5.02 Å². The van der Waals surface area contributed by atoms with Gasteiger partial charge >= 0.3 is 0 Å². The first-order valence-corrected chi connectivity index (χ1v) is 8.06. The average Bonchev–Trinajstić information content (AvgIpc) is 2.37. The highest BCUT2D eigenvalue weighted by Crippen LogP contribution is 2.23. The van der Waals surface area contributed by atoms with Crippen molar-refractivity contribution in [1.82, 2.24) is 0 Å². The molecule has 0 amide bonds. The third-order valence-electron chi connectivity index (χ3n) is 2.85. The molecule has 0 aliphatic rings. The van der Waals surface area contributed by atoms with Crippen LogP contribution in [0.4, 0.5) is 10.1 Å². The summed E-state index contributed by atoms with van der Waals surface area (Å²) < 4.78 is 37.9. The normalized spacial score (nSPS) is 11.5. The predicted molar refractivity (Wildman–Crippen MR) is 78.6 cm³/mol. The second-order valence-corrected chi connectivity index (χ2v) is 6.90. The van der Waals surface area contributed by atoms with Crippen LogP contribution in [0.3, 0.4) is 0 Å². The van der Waals surface area contributed by atoms with E-state index in [9.17, 15) is 12.8 Å². The lowest BCUT2D eigenvalue weighted by Gasteiger charge is -2.09. The van der Waals surface area contributed by atoms with Crippen LogP contribution in [0, 0.1) is 5.82 Å². The van der Waals surface area contributed by atoms with Gasteiger partial charge in [0.1, 0.15) is 5.82 Å². The fraction of sp³-hybridized carbons (Fsp3) is 0.143. The molecule has 2 N–H and O–H groups in total. The molecule has 6 heteroatoms. The molecule has 0 spiro atoms. The number of nitrogens with two attached hydrogens (primary N) is 1. The SMILES string of the molecule is Nc1cccc(F)c1CS(=O)(=O)Cc1ccccc1Cl. The van der Waals surface area contributed by atoms with Gasteiger partial charge in [0, 0.05) is 16.3 Å². The van der Waals surface area contributed by atoms with Crippen LogP contribution < -0.4 is 5.73 Å². The molecule has 3 nitrogen and oxygen atoms in total. The van der Waals surface area contributed by atoms with E-state index in [0.29, 0.717) is 10.6 Å². The Balaban J connectivity index is 2.27. The van der Waals surface area contributed by atoms with Gasteiger partial charge in [-0.05, 0) is 23.8 Å². The molecule has 2 aromatic rings. The Bertz CT molecular complexity index is 711. The quantitative estimate of drug-likeness (QED) is 0.882. The van der Waals surface area contributed by atoms with Gasteiger partial charge in [0.25, 0.3) is 0 Å². The molecule has 0 atom stereocenters. The summed E-state index contributed by atoms with van der Waals surface area (Å²) in [5.74, 6) is -1.32. The van der Waals surface area contributed by atoms with Crippen LogP contribution in [-0.4, -0.2) is 8.42 Å². The summed E-state index contributed by atoms with van der Waals surface area (Å²) in [7, 11) is -3.56. The van der Waals surface area contributed by atoms with Crippen LogP contribution in [0.25, 0.3) is 0 Å². The van der Waals surface area contributed by atoms with Gasteiger partial charge in [0.05, 0.1) is 11.5 Å². The van der Waals surface area contributed by atoms with Gasteiger partial charge in [-0.15, -0.1) is 0 Å². The Kier molecular flexibility index (Phi) is 4.30. The molecule has 2 aromatic carbocycles. The van der Waals surface area contributed by atoms with Gasteiger partial charge in [-0.25, -0.2) is 12.8 Å². The van der Waals surface area contributed by atoms with E-state index in [4.69, 9.17) is 17.3 Å². The van der Waals surface area contributed by atoms with E-state index in [-0.39, 0.29) is 17.0 Å². The van der Waals surface area contributed by atoms with E-state index >= 15 is 0 Å². The molecule has 0 aliphatic carbocycles. The maximum atomic E-state index is 13.6. The molecule has 106 valence electrons. The maximum Gasteiger partial charge on any atom is 0.158 e. The van der Waals surface area contributed by atoms with Crippen molar-refractivity contribution in [3.63, 3.8) is 0 Å². The first kappa shape index (κ1) is 14.8. The number of hydrogen-bond acceptors (Lipinski definition) is 3. The van der Waals surface area contributed by atoms with E-state index in [1.165, 1.54) is 18.2 Å². The lowest BCUT2D eigenvalue weighted by molar-refractivity contribution is 0.586. The molecule has 0 heterocycles. The maximum absolute atomic E-state index is 13.6. The summed E-state index contributed by atoms with van der Waals surface area (Å²) in [5.41, 5.74) is 6.24. The van der Waals surface area contributed by atoms with Gasteiger partial charge in [-0.2, -0.15) is 0 Å². The van der Waals surface area contributed by atoms with Gasteiger partial charge in [0.15, 0.2) is 9.84 Å². The third kappa shape index (κ3) is 3.49. The number of rotatable bonds is 4. The lowest BCUT2D eigenvalue weighted by Crippen LogP contribution is -2.11. The fourth-order valence-corrected chi connectivity index (χ4v) is 3.70. The molecular formula is C14H13ClFNO2S. The van der Waals surface area contributed by atoms with Crippen molar-refractivity contribution in [2.75, 3.05) is 5.73 Å². The minimum Gasteiger partial charge on any atom is -0.398 e. The van der Waals surface area contributed by atoms with E-state index in [1.54, 1.807) is 24.3 Å². The number of anilines is 1. The largest absolute Gasteiger partial charge is 0.398 e. The summed E-state index contributed by atoms with van der Waals surface area (Å²) in [6.07, 6.45) is 0. The van der Waals surface area contributed by atoms with Crippen LogP contribution in [0.1, 0.15) is 11.1 Å². The van der Waals surface area contributed by atoms with Crippen molar-refractivity contribution in [3.05, 3.63) is 64.4 Å². The van der Waals surface area contributed by atoms with Crippen LogP contribution in [0.15, 0.2) is 42.5 Å². The second-order valence-electron chi connectivity index (χ2n) is 4.43. The molecule has 2 rings (SSSR count). The van der Waals surface area contributed by atoms with Crippen molar-refractivity contribution in [2.24, 2.45) is 0 Å². The number of halogens is 2. The molecule has 20 heavy (non-hydrogen) atoms. The standard InChI is InChI=1S/C14H13ClFNO2S/c15-12-5-2-1-4-10(12)8-20(18,19)9-11-13(16)6-3-7-14(11)17/h1-7H,8-9,17H2. The number of benzene rings is 2. The number of sulfone groups is 1. The zero-order valence-electron chi connectivity index (χ0n) is 10.5. The minimum atomic E-state index is -3.56. The summed E-state index contributed by atoms with van der Waals surface area (Å²) in [4.78, 5) is 0. The first-order valence-electron chi connectivity index (χ1n) is 5.86. The molecule has 0 bridgehead atoms. The van der Waals surface area contributed by atoms with E-state index in [1.807, 2.05) is 0 Å². The minimum absolute atomic E-state index is 0.000413. The van der Waals surface area contributed by atoms with Crippen LogP contribution in [-0.2, 0) is 21.3 Å². The van der Waals surface area contributed by atoms with E-state index in [0.717, 1.165) is 0 Å². The van der Waals surface area contributed by atoms with E-state index < -0.39 is 21.4 Å². The summed E-state index contributed by atoms with van der Waals surface area (Å²) in [5, 5.41) is 0.373. The van der Waals surface area contributed by atoms with Gasteiger partial charge in [0.2, 0.25) is 0 Å². The van der Waals surface area contributed by atoms with E-state index in [2.05, 4.69) is 0 Å². The predicted octanol–water partition coefficient (Wildman–Crippen LogP) is 3.18. The zero-order valence-corrected chi connectivity index (χ0v) is 12.1. The van der Waals surface area contributed by atoms with Gasteiger partial charge < -0.3 is 5.73 Å². The Hall–Kier alpha value is -1.59.